The summed E-state index contributed by atoms with van der Waals surface area (Å²) in [5, 5.41) is 10.8. The van der Waals surface area contributed by atoms with E-state index in [1.54, 1.807) is 4.63 Å². The number of H-pyrrole nitrogens is 1. The number of hydrogen-bond donors (Lipinski definition) is 1. The van der Waals surface area contributed by atoms with E-state index < -0.39 is 0 Å². The number of para-hydroxylation sites is 10. The van der Waals surface area contributed by atoms with Gasteiger partial charge in [-0.2, -0.15) is 5.10 Å². The van der Waals surface area contributed by atoms with E-state index in [0.29, 0.717) is 5.82 Å². The van der Waals surface area contributed by atoms with Gasteiger partial charge in [0.15, 0.2) is 11.5 Å². The molecule has 5 aliphatic rings. The zero-order valence-electron chi connectivity index (χ0n) is 45.3. The monoisotopic (exact) mass is 1180 g/mol. The molecule has 18 rings (SSSR count). The summed E-state index contributed by atoms with van der Waals surface area (Å²) in [7, 11) is 0. The van der Waals surface area contributed by atoms with Crippen molar-refractivity contribution in [2.24, 2.45) is 0 Å². The Morgan fingerprint density at radius 2 is 0.482 bits per heavy atom. The Morgan fingerprint density at radius 1 is 0.271 bits per heavy atom. The van der Waals surface area contributed by atoms with Gasteiger partial charge in [-0.3, -0.25) is 0 Å². The Bertz CT molecular complexity index is 4460. The highest BCUT2D eigenvalue weighted by atomic mass is 32.2. The first-order valence-corrected chi connectivity index (χ1v) is 32.1. The average molecular weight is 1180 g/mol. The maximum absolute atomic E-state index is 5.73. The van der Waals surface area contributed by atoms with E-state index in [9.17, 15) is 0 Å². The third-order valence-electron chi connectivity index (χ3n) is 16.1. The molecule has 5 aliphatic heterocycles. The van der Waals surface area contributed by atoms with Crippen molar-refractivity contribution in [3.05, 3.63) is 254 Å². The molecule has 11 aromatic carbocycles. The number of benzene rings is 11. The number of hydrogen-bond acceptors (Lipinski definition) is 12. The van der Waals surface area contributed by atoms with Crippen molar-refractivity contribution in [1.29, 1.82) is 0 Å². The van der Waals surface area contributed by atoms with Crippen LogP contribution in [0.2, 0.25) is 0 Å². The van der Waals surface area contributed by atoms with E-state index in [1.807, 2.05) is 65.7 Å². The van der Waals surface area contributed by atoms with Crippen LogP contribution < -0.4 is 24.5 Å². The minimum Gasteiger partial charge on any atom is -0.321 e. The van der Waals surface area contributed by atoms with Crippen molar-refractivity contribution in [2.45, 2.75) is 55.9 Å². The number of aromatic nitrogens is 4. The molecule has 0 aliphatic carbocycles. The summed E-state index contributed by atoms with van der Waals surface area (Å²) in [6.07, 6.45) is 0. The molecule has 0 bridgehead atoms. The van der Waals surface area contributed by atoms with Crippen LogP contribution in [0.25, 0.3) is 17.0 Å². The Morgan fingerprint density at radius 3 is 0.718 bits per heavy atom. The number of rotatable bonds is 6. The van der Waals surface area contributed by atoms with Gasteiger partial charge in [-0.05, 0) is 128 Å². The van der Waals surface area contributed by atoms with E-state index in [1.165, 1.54) is 0 Å². The van der Waals surface area contributed by atoms with Gasteiger partial charge >= 0.3 is 0 Å². The largest absolute Gasteiger partial charge is 0.321 e. The van der Waals surface area contributed by atoms with E-state index in [2.05, 4.69) is 278 Å². The normalized spacial score (nSPS) is 14.1. The van der Waals surface area contributed by atoms with Gasteiger partial charge in [-0.25, -0.2) is 0 Å². The van der Waals surface area contributed by atoms with Gasteiger partial charge in [-0.1, -0.05) is 180 Å². The third-order valence-corrected chi connectivity index (χ3v) is 21.8. The van der Waals surface area contributed by atoms with Crippen LogP contribution in [0.1, 0.15) is 5.69 Å². The molecule has 0 fully saturated rings. The first-order valence-electron chi connectivity index (χ1n) is 28.1. The highest BCUT2D eigenvalue weighted by Crippen LogP contribution is 2.72. The molecule has 0 spiro atoms. The molecule has 2 aromatic heterocycles. The van der Waals surface area contributed by atoms with Crippen molar-refractivity contribution in [3.8, 4) is 11.4 Å². The van der Waals surface area contributed by atoms with Crippen molar-refractivity contribution in [1.82, 2.24) is 19.8 Å². The van der Waals surface area contributed by atoms with Gasteiger partial charge in [0.25, 0.3) is 0 Å². The lowest BCUT2D eigenvalue weighted by molar-refractivity contribution is 0.810. The van der Waals surface area contributed by atoms with E-state index >= 15 is 0 Å². The Hall–Kier alpha value is -9.15. The summed E-state index contributed by atoms with van der Waals surface area (Å²) in [5.41, 5.74) is 17.8. The molecule has 1 N–H and O–H groups in total. The SMILES string of the molecule is Cc1cc2[nH]c(-c3c(N4c5ccccc5Sc5ccccc54)c(N4c5ccccc5Sc5ccccc54)c(N4c5ccccc5Sc5ccccc54)c(N4c5ccccc5Sc5ccccc54)c3N3c4ccccc4Sc4ccccc43)nn2n1. The Kier molecular flexibility index (Phi) is 11.3. The van der Waals surface area contributed by atoms with Gasteiger partial charge in [-0.15, -0.1) is 9.73 Å². The summed E-state index contributed by atoms with van der Waals surface area (Å²) in [4.78, 5) is 28.3. The van der Waals surface area contributed by atoms with Crippen molar-refractivity contribution in [3.63, 3.8) is 0 Å². The van der Waals surface area contributed by atoms with E-state index in [-0.39, 0.29) is 0 Å². The lowest BCUT2D eigenvalue weighted by Gasteiger charge is -2.47. The van der Waals surface area contributed by atoms with Crippen LogP contribution in [0, 0.1) is 6.92 Å². The summed E-state index contributed by atoms with van der Waals surface area (Å²) in [5.74, 6) is 0.652. The first-order chi connectivity index (χ1) is 42.1. The molecular weight excluding hydrogens is 1140 g/mol. The minimum atomic E-state index is 0.652. The molecule has 0 unspecified atom stereocenters. The molecule has 85 heavy (non-hydrogen) atoms. The third kappa shape index (κ3) is 7.58. The fraction of sp³-hybridized carbons (Fsp3) is 0.0141. The molecule has 0 radical (unpaired) electrons. The molecule has 404 valence electrons. The van der Waals surface area contributed by atoms with Crippen LogP contribution in [0.3, 0.4) is 0 Å². The summed E-state index contributed by atoms with van der Waals surface area (Å²) in [6.45, 7) is 2.03. The first kappa shape index (κ1) is 49.3. The lowest BCUT2D eigenvalue weighted by Crippen LogP contribution is -2.30. The quantitative estimate of drug-likeness (QED) is 0.173. The average Bonchev–Trinajstić information content (AvgIpc) is 2.44. The second-order valence-electron chi connectivity index (χ2n) is 21.1. The molecule has 0 atom stereocenters. The molecule has 0 saturated carbocycles. The van der Waals surface area contributed by atoms with Crippen molar-refractivity contribution < 1.29 is 0 Å². The maximum atomic E-state index is 5.73. The smallest absolute Gasteiger partial charge is 0.166 e. The highest BCUT2D eigenvalue weighted by molar-refractivity contribution is 8.00. The number of aryl methyl sites for hydroxylation is 1. The van der Waals surface area contributed by atoms with Crippen molar-refractivity contribution >= 4 is 150 Å². The summed E-state index contributed by atoms with van der Waals surface area (Å²) >= 11 is 9.09. The maximum Gasteiger partial charge on any atom is 0.166 e. The van der Waals surface area contributed by atoms with Crippen LogP contribution in [0.5, 0.6) is 0 Å². The second-order valence-corrected chi connectivity index (χ2v) is 26.5. The number of nitrogens with one attached hydrogen (secondary N) is 1. The fourth-order valence-electron chi connectivity index (χ4n) is 12.7. The van der Waals surface area contributed by atoms with Crippen LogP contribution >= 0.6 is 58.8 Å². The van der Waals surface area contributed by atoms with Gasteiger partial charge in [0.2, 0.25) is 0 Å². The molecular formula is C71H45N9S5. The van der Waals surface area contributed by atoms with E-state index in [0.717, 1.165) is 151 Å². The molecule has 14 heteroatoms. The number of nitrogens with zero attached hydrogens (tertiary/aromatic N) is 8. The molecule has 0 amide bonds. The van der Waals surface area contributed by atoms with Crippen molar-refractivity contribution in [2.75, 3.05) is 24.5 Å². The zero-order chi connectivity index (χ0) is 55.9. The van der Waals surface area contributed by atoms with E-state index in [4.69, 9.17) is 10.2 Å². The van der Waals surface area contributed by atoms with Gasteiger partial charge in [0, 0.05) is 55.0 Å². The zero-order valence-corrected chi connectivity index (χ0v) is 49.4. The van der Waals surface area contributed by atoms with Crippen LogP contribution in [0.4, 0.5) is 85.3 Å². The Balaban J connectivity index is 1.18. The fourth-order valence-corrected chi connectivity index (χ4v) is 18.0. The van der Waals surface area contributed by atoms with Crippen LogP contribution in [-0.4, -0.2) is 19.8 Å². The molecule has 7 heterocycles. The predicted molar refractivity (Wildman–Crippen MR) is 352 cm³/mol. The standard InChI is InChI=1S/C71H45N9S5/c1-43-42-64-72-71(74-80(64)73-43)65-66(75-44-22-2-12-32-54(44)81-55-33-13-3-23-45(55)75)68(77-48-26-6-16-36-58(48)83-59-37-17-7-27-49(59)77)70(79-52-30-10-20-40-62(52)85-63-41-21-11-31-53(63)79)69(78-50-28-8-18-38-60(50)84-61-39-19-9-29-51(61)78)67(65)76-46-24-4-14-34-56(46)82-57-35-15-5-25-47(57)76/h2-42H,1H3,(H,72,74). The van der Waals surface area contributed by atoms with Gasteiger partial charge < -0.3 is 29.5 Å². The minimum absolute atomic E-state index is 0.652. The van der Waals surface area contributed by atoms with Crippen LogP contribution in [0.15, 0.2) is 298 Å². The highest BCUT2D eigenvalue weighted by Gasteiger charge is 2.47. The topological polar surface area (TPSA) is 62.2 Å². The lowest BCUT2D eigenvalue weighted by atomic mass is 9.94. The summed E-state index contributed by atoms with van der Waals surface area (Å²) < 4.78 is 1.78. The summed E-state index contributed by atoms with van der Waals surface area (Å²) in [6, 6.07) is 91.5. The predicted octanol–water partition coefficient (Wildman–Crippen LogP) is 21.7. The van der Waals surface area contributed by atoms with Crippen LogP contribution in [-0.2, 0) is 0 Å². The molecule has 0 saturated heterocycles. The Labute approximate surface area is 512 Å². The molecule has 9 nitrogen and oxygen atoms in total. The second kappa shape index (κ2) is 19.5. The number of aromatic amines is 1. The van der Waals surface area contributed by atoms with Gasteiger partial charge in [0.1, 0.15) is 0 Å². The van der Waals surface area contributed by atoms with Gasteiger partial charge in [0.05, 0.1) is 96.6 Å². The number of fused-ring (bicyclic) bond motifs is 11. The number of anilines is 15. The molecule has 13 aromatic rings.